The van der Waals surface area contributed by atoms with Crippen LogP contribution in [0.15, 0.2) is 24.3 Å². The van der Waals surface area contributed by atoms with Crippen molar-refractivity contribution in [2.24, 2.45) is 0 Å². The number of carbonyl (C=O) groups excluding carboxylic acids is 2. The molecule has 0 aromatic heterocycles. The van der Waals surface area contributed by atoms with E-state index in [1.165, 1.54) is 0 Å². The second-order valence-electron chi connectivity index (χ2n) is 4.20. The van der Waals surface area contributed by atoms with Crippen LogP contribution in [0, 0.1) is 0 Å². The average Bonchev–Trinajstić information content (AvgIpc) is 2.36. The van der Waals surface area contributed by atoms with E-state index in [1.54, 1.807) is 0 Å². The third kappa shape index (κ3) is 4.37. The standard InChI is InChI=1S/C13H17ClN2O2/c1-9(2)10-5-3-4-6-11(10)16-13(18)8-15-12(17)7-14/h3-6,9H,7-8H2,1-2H3,(H,15,17)(H,16,18). The van der Waals surface area contributed by atoms with E-state index < -0.39 is 0 Å². The Morgan fingerprint density at radius 2 is 1.89 bits per heavy atom. The van der Waals surface area contributed by atoms with E-state index in [4.69, 9.17) is 11.6 Å². The lowest BCUT2D eigenvalue weighted by Crippen LogP contribution is -2.33. The summed E-state index contributed by atoms with van der Waals surface area (Å²) < 4.78 is 0. The maximum atomic E-state index is 11.6. The van der Waals surface area contributed by atoms with Crippen LogP contribution in [-0.2, 0) is 9.59 Å². The van der Waals surface area contributed by atoms with E-state index in [1.807, 2.05) is 24.3 Å². The quantitative estimate of drug-likeness (QED) is 0.804. The lowest BCUT2D eigenvalue weighted by Gasteiger charge is -2.13. The summed E-state index contributed by atoms with van der Waals surface area (Å²) in [5.74, 6) is -0.444. The molecule has 0 aliphatic heterocycles. The van der Waals surface area contributed by atoms with Crippen LogP contribution in [0.5, 0.6) is 0 Å². The first-order valence-corrected chi connectivity index (χ1v) is 6.29. The topological polar surface area (TPSA) is 58.2 Å². The normalized spacial score (nSPS) is 10.2. The second kappa shape index (κ2) is 7.01. The SMILES string of the molecule is CC(C)c1ccccc1NC(=O)CNC(=O)CCl. The minimum absolute atomic E-state index is 0.0714. The Bertz CT molecular complexity index is 433. The van der Waals surface area contributed by atoms with E-state index in [0.29, 0.717) is 5.92 Å². The second-order valence-corrected chi connectivity index (χ2v) is 4.47. The smallest absolute Gasteiger partial charge is 0.243 e. The van der Waals surface area contributed by atoms with Crippen molar-refractivity contribution in [1.82, 2.24) is 5.32 Å². The van der Waals surface area contributed by atoms with Crippen molar-refractivity contribution in [3.05, 3.63) is 29.8 Å². The number of para-hydroxylation sites is 1. The molecule has 0 saturated heterocycles. The first-order valence-electron chi connectivity index (χ1n) is 5.76. The van der Waals surface area contributed by atoms with E-state index in [9.17, 15) is 9.59 Å². The number of anilines is 1. The molecule has 2 N–H and O–H groups in total. The Morgan fingerprint density at radius 1 is 1.22 bits per heavy atom. The predicted octanol–water partition coefficient (Wildman–Crippen LogP) is 2.10. The first-order chi connectivity index (χ1) is 8.54. The van der Waals surface area contributed by atoms with E-state index in [0.717, 1.165) is 11.3 Å². The highest BCUT2D eigenvalue weighted by Gasteiger charge is 2.09. The molecule has 2 amide bonds. The number of rotatable bonds is 5. The van der Waals surface area contributed by atoms with Crippen molar-refractivity contribution in [2.45, 2.75) is 19.8 Å². The van der Waals surface area contributed by atoms with Gasteiger partial charge in [-0.3, -0.25) is 9.59 Å². The molecule has 1 aromatic carbocycles. The Morgan fingerprint density at radius 3 is 2.50 bits per heavy atom. The van der Waals surface area contributed by atoms with Crippen LogP contribution < -0.4 is 10.6 Å². The maximum Gasteiger partial charge on any atom is 0.243 e. The van der Waals surface area contributed by atoms with Gasteiger partial charge in [-0.1, -0.05) is 32.0 Å². The molecule has 0 unspecified atom stereocenters. The molecule has 0 fully saturated rings. The van der Waals surface area contributed by atoms with Gasteiger partial charge in [-0.25, -0.2) is 0 Å². The minimum atomic E-state index is -0.357. The molecule has 0 radical (unpaired) electrons. The molecule has 0 heterocycles. The van der Waals surface area contributed by atoms with Crippen LogP contribution in [-0.4, -0.2) is 24.2 Å². The van der Waals surface area contributed by atoms with Crippen LogP contribution in [0.25, 0.3) is 0 Å². The Labute approximate surface area is 112 Å². The van der Waals surface area contributed by atoms with E-state index >= 15 is 0 Å². The first kappa shape index (κ1) is 14.5. The molecule has 0 spiro atoms. The number of amides is 2. The summed E-state index contributed by atoms with van der Waals surface area (Å²) in [4.78, 5) is 22.6. The fraction of sp³-hybridized carbons (Fsp3) is 0.385. The van der Waals surface area contributed by atoms with Crippen molar-refractivity contribution >= 4 is 29.1 Å². The van der Waals surface area contributed by atoms with Crippen LogP contribution in [0.3, 0.4) is 0 Å². The van der Waals surface area contributed by atoms with E-state index in [-0.39, 0.29) is 24.2 Å². The monoisotopic (exact) mass is 268 g/mol. The van der Waals surface area contributed by atoms with E-state index in [2.05, 4.69) is 24.5 Å². The fourth-order valence-corrected chi connectivity index (χ4v) is 1.63. The van der Waals surface area contributed by atoms with Gasteiger partial charge in [0.05, 0.1) is 6.54 Å². The van der Waals surface area contributed by atoms with Gasteiger partial charge in [-0.15, -0.1) is 11.6 Å². The maximum absolute atomic E-state index is 11.6. The van der Waals surface area contributed by atoms with Crippen molar-refractivity contribution in [3.63, 3.8) is 0 Å². The van der Waals surface area contributed by atoms with Gasteiger partial charge in [0.15, 0.2) is 0 Å². The lowest BCUT2D eigenvalue weighted by atomic mass is 10.0. The van der Waals surface area contributed by atoms with Gasteiger partial charge < -0.3 is 10.6 Å². The summed E-state index contributed by atoms with van der Waals surface area (Å²) in [7, 11) is 0. The molecule has 1 rings (SSSR count). The number of hydrogen-bond donors (Lipinski definition) is 2. The fourth-order valence-electron chi connectivity index (χ4n) is 1.53. The van der Waals surface area contributed by atoms with Gasteiger partial charge >= 0.3 is 0 Å². The summed E-state index contributed by atoms with van der Waals surface area (Å²) in [6, 6.07) is 7.60. The van der Waals surface area contributed by atoms with Gasteiger partial charge in [0.1, 0.15) is 5.88 Å². The summed E-state index contributed by atoms with van der Waals surface area (Å²) in [6.45, 7) is 4.04. The number of nitrogens with one attached hydrogen (secondary N) is 2. The van der Waals surface area contributed by atoms with Crippen LogP contribution in [0.1, 0.15) is 25.3 Å². The molecule has 5 heteroatoms. The number of halogens is 1. The molecule has 0 aliphatic rings. The molecule has 0 aliphatic carbocycles. The lowest BCUT2D eigenvalue weighted by molar-refractivity contribution is -0.122. The molecule has 1 aromatic rings. The largest absolute Gasteiger partial charge is 0.346 e. The zero-order chi connectivity index (χ0) is 13.5. The number of carbonyl (C=O) groups is 2. The number of alkyl halides is 1. The summed E-state index contributed by atoms with van der Waals surface area (Å²) in [6.07, 6.45) is 0. The van der Waals surface area contributed by atoms with Crippen molar-refractivity contribution in [1.29, 1.82) is 0 Å². The Kier molecular flexibility index (Phi) is 5.65. The molecular formula is C13H17ClN2O2. The van der Waals surface area contributed by atoms with Crippen LogP contribution in [0.2, 0.25) is 0 Å². The summed E-state index contributed by atoms with van der Waals surface area (Å²) >= 11 is 5.32. The Hall–Kier alpha value is -1.55. The zero-order valence-corrected chi connectivity index (χ0v) is 11.3. The van der Waals surface area contributed by atoms with Crippen LogP contribution in [0.4, 0.5) is 5.69 Å². The third-order valence-corrected chi connectivity index (χ3v) is 2.67. The molecule has 18 heavy (non-hydrogen) atoms. The molecule has 0 atom stereocenters. The molecule has 0 saturated carbocycles. The van der Waals surface area contributed by atoms with Gasteiger partial charge in [0, 0.05) is 5.69 Å². The highest BCUT2D eigenvalue weighted by molar-refractivity contribution is 6.27. The number of hydrogen-bond acceptors (Lipinski definition) is 2. The highest BCUT2D eigenvalue weighted by Crippen LogP contribution is 2.23. The van der Waals surface area contributed by atoms with Gasteiger partial charge in [0.2, 0.25) is 11.8 Å². The highest BCUT2D eigenvalue weighted by atomic mass is 35.5. The minimum Gasteiger partial charge on any atom is -0.346 e. The average molecular weight is 269 g/mol. The van der Waals surface area contributed by atoms with Crippen molar-refractivity contribution < 1.29 is 9.59 Å². The van der Waals surface area contributed by atoms with Crippen molar-refractivity contribution in [3.8, 4) is 0 Å². The predicted molar refractivity (Wildman–Crippen MR) is 72.9 cm³/mol. The summed E-state index contributed by atoms with van der Waals surface area (Å²) in [5.41, 5.74) is 1.84. The molecule has 0 bridgehead atoms. The molecular weight excluding hydrogens is 252 g/mol. The van der Waals surface area contributed by atoms with Gasteiger partial charge in [-0.2, -0.15) is 0 Å². The summed E-state index contributed by atoms with van der Waals surface area (Å²) in [5, 5.41) is 5.19. The molecule has 4 nitrogen and oxygen atoms in total. The van der Waals surface area contributed by atoms with Gasteiger partial charge in [0.25, 0.3) is 0 Å². The van der Waals surface area contributed by atoms with Crippen LogP contribution >= 0.6 is 11.6 Å². The zero-order valence-electron chi connectivity index (χ0n) is 10.5. The third-order valence-electron chi connectivity index (χ3n) is 2.42. The molecule has 98 valence electrons. The van der Waals surface area contributed by atoms with Crippen molar-refractivity contribution in [2.75, 3.05) is 17.7 Å². The number of benzene rings is 1. The Balaban J connectivity index is 2.62. The van der Waals surface area contributed by atoms with Gasteiger partial charge in [-0.05, 0) is 17.5 Å².